The summed E-state index contributed by atoms with van der Waals surface area (Å²) < 4.78 is 48.1. The predicted molar refractivity (Wildman–Crippen MR) is 71.4 cm³/mol. The molecule has 2 N–H and O–H groups in total. The highest BCUT2D eigenvalue weighted by Crippen LogP contribution is 2.19. The van der Waals surface area contributed by atoms with Gasteiger partial charge in [-0.05, 0) is 24.3 Å². The molecule has 0 aliphatic carbocycles. The average molecular weight is 292 g/mol. The van der Waals surface area contributed by atoms with E-state index in [9.17, 15) is 17.2 Å². The zero-order valence-electron chi connectivity index (χ0n) is 10.7. The number of anilines is 1. The minimum Gasteiger partial charge on any atom is -0.365 e. The second-order valence-electron chi connectivity index (χ2n) is 4.02. The second kappa shape index (κ2) is 6.81. The van der Waals surface area contributed by atoms with Crippen molar-refractivity contribution in [1.29, 1.82) is 0 Å². The van der Waals surface area contributed by atoms with Crippen molar-refractivity contribution in [2.24, 2.45) is 5.73 Å². The second-order valence-corrected chi connectivity index (χ2v) is 6.30. The van der Waals surface area contributed by atoms with E-state index in [0.29, 0.717) is 12.2 Å². The summed E-state index contributed by atoms with van der Waals surface area (Å²) in [7, 11) is -3.27. The molecule has 0 aliphatic rings. The summed E-state index contributed by atoms with van der Waals surface area (Å²) in [5.41, 5.74) is 5.92. The highest BCUT2D eigenvalue weighted by molar-refractivity contribution is 7.91. The standard InChI is InChI=1S/C12H18F2N2O2S/c1-2-19(17,18)11-5-3-10(4-6-11)16(8-7-15)9-12(13)14/h3-6,12H,2,7-9,15H2,1H3. The maximum atomic E-state index is 12.4. The fraction of sp³-hybridized carbons (Fsp3) is 0.500. The van der Waals surface area contributed by atoms with Crippen molar-refractivity contribution < 1.29 is 17.2 Å². The van der Waals surface area contributed by atoms with Gasteiger partial charge in [-0.3, -0.25) is 0 Å². The third-order valence-corrected chi connectivity index (χ3v) is 4.45. The number of nitrogens with zero attached hydrogens (tertiary/aromatic N) is 1. The fourth-order valence-corrected chi connectivity index (χ4v) is 2.56. The number of alkyl halides is 2. The minimum atomic E-state index is -3.27. The van der Waals surface area contributed by atoms with Crippen LogP contribution in [0.15, 0.2) is 29.2 Å². The number of hydrogen-bond donors (Lipinski definition) is 1. The van der Waals surface area contributed by atoms with Crippen molar-refractivity contribution in [3.05, 3.63) is 24.3 Å². The Hall–Kier alpha value is -1.21. The van der Waals surface area contributed by atoms with Gasteiger partial charge in [0.1, 0.15) is 0 Å². The van der Waals surface area contributed by atoms with Gasteiger partial charge in [0.2, 0.25) is 0 Å². The van der Waals surface area contributed by atoms with Crippen LogP contribution in [0.4, 0.5) is 14.5 Å². The molecular formula is C12H18F2N2O2S. The van der Waals surface area contributed by atoms with E-state index in [1.54, 1.807) is 6.92 Å². The third-order valence-electron chi connectivity index (χ3n) is 2.70. The summed E-state index contributed by atoms with van der Waals surface area (Å²) in [4.78, 5) is 1.64. The molecule has 0 bridgehead atoms. The van der Waals surface area contributed by atoms with Crippen LogP contribution in [0.25, 0.3) is 0 Å². The van der Waals surface area contributed by atoms with Gasteiger partial charge in [-0.25, -0.2) is 17.2 Å². The summed E-state index contributed by atoms with van der Waals surface area (Å²) in [6.07, 6.45) is -2.47. The molecule has 1 aromatic rings. The molecule has 0 aliphatic heterocycles. The topological polar surface area (TPSA) is 63.4 Å². The summed E-state index contributed by atoms with van der Waals surface area (Å²) in [5.74, 6) is 0.00982. The van der Waals surface area contributed by atoms with Gasteiger partial charge in [0.25, 0.3) is 6.43 Å². The number of sulfone groups is 1. The molecule has 0 unspecified atom stereocenters. The van der Waals surface area contributed by atoms with Gasteiger partial charge in [-0.2, -0.15) is 0 Å². The van der Waals surface area contributed by atoms with Crippen molar-refractivity contribution in [2.45, 2.75) is 18.2 Å². The number of benzene rings is 1. The van der Waals surface area contributed by atoms with Gasteiger partial charge in [0.15, 0.2) is 9.84 Å². The molecule has 7 heteroatoms. The van der Waals surface area contributed by atoms with Crippen LogP contribution in [0.5, 0.6) is 0 Å². The Morgan fingerprint density at radius 3 is 2.26 bits per heavy atom. The first-order valence-electron chi connectivity index (χ1n) is 5.96. The fourth-order valence-electron chi connectivity index (χ4n) is 1.68. The summed E-state index contributed by atoms with van der Waals surface area (Å²) in [6.45, 7) is 1.68. The molecule has 0 aromatic heterocycles. The molecule has 0 heterocycles. The largest absolute Gasteiger partial charge is 0.365 e. The minimum absolute atomic E-state index is 0.00982. The van der Waals surface area contributed by atoms with Gasteiger partial charge < -0.3 is 10.6 Å². The van der Waals surface area contributed by atoms with E-state index >= 15 is 0 Å². The molecule has 108 valence electrons. The van der Waals surface area contributed by atoms with Crippen LogP contribution in [-0.4, -0.2) is 40.2 Å². The first kappa shape index (κ1) is 15.8. The highest BCUT2D eigenvalue weighted by Gasteiger charge is 2.15. The lowest BCUT2D eigenvalue weighted by Gasteiger charge is -2.23. The van der Waals surface area contributed by atoms with Crippen LogP contribution < -0.4 is 10.6 Å². The van der Waals surface area contributed by atoms with E-state index in [0.717, 1.165) is 0 Å². The van der Waals surface area contributed by atoms with E-state index in [-0.39, 0.29) is 17.2 Å². The van der Waals surface area contributed by atoms with Crippen molar-refractivity contribution >= 4 is 15.5 Å². The Labute approximate surface area is 112 Å². The Morgan fingerprint density at radius 2 is 1.84 bits per heavy atom. The van der Waals surface area contributed by atoms with E-state index in [1.165, 1.54) is 29.2 Å². The van der Waals surface area contributed by atoms with E-state index in [4.69, 9.17) is 5.73 Å². The Balaban J connectivity index is 2.95. The first-order valence-corrected chi connectivity index (χ1v) is 7.62. The maximum Gasteiger partial charge on any atom is 0.255 e. The molecule has 0 fully saturated rings. The number of nitrogens with two attached hydrogens (primary N) is 1. The SMILES string of the molecule is CCS(=O)(=O)c1ccc(N(CCN)CC(F)F)cc1. The van der Waals surface area contributed by atoms with Crippen molar-refractivity contribution in [2.75, 3.05) is 30.3 Å². The zero-order valence-corrected chi connectivity index (χ0v) is 11.5. The number of hydrogen-bond acceptors (Lipinski definition) is 4. The van der Waals surface area contributed by atoms with E-state index in [2.05, 4.69) is 0 Å². The Kier molecular flexibility index (Phi) is 5.68. The quantitative estimate of drug-likeness (QED) is 0.827. The molecule has 0 amide bonds. The smallest absolute Gasteiger partial charge is 0.255 e. The van der Waals surface area contributed by atoms with Crippen LogP contribution in [-0.2, 0) is 9.84 Å². The molecule has 0 spiro atoms. The van der Waals surface area contributed by atoms with Crippen molar-refractivity contribution in [3.8, 4) is 0 Å². The average Bonchev–Trinajstić information content (AvgIpc) is 2.38. The van der Waals surface area contributed by atoms with E-state index < -0.39 is 22.8 Å². The lowest BCUT2D eigenvalue weighted by atomic mass is 10.3. The summed E-state index contributed by atoms with van der Waals surface area (Å²) in [5, 5.41) is 0. The van der Waals surface area contributed by atoms with Crippen molar-refractivity contribution in [1.82, 2.24) is 0 Å². The van der Waals surface area contributed by atoms with Gasteiger partial charge in [-0.1, -0.05) is 6.92 Å². The molecule has 0 saturated carbocycles. The van der Waals surface area contributed by atoms with Crippen LogP contribution in [0.2, 0.25) is 0 Å². The molecular weight excluding hydrogens is 274 g/mol. The summed E-state index contributed by atoms with van der Waals surface area (Å²) in [6, 6.07) is 5.92. The van der Waals surface area contributed by atoms with Crippen LogP contribution in [0.3, 0.4) is 0 Å². The monoisotopic (exact) mass is 292 g/mol. The first-order chi connectivity index (χ1) is 8.90. The van der Waals surface area contributed by atoms with Crippen molar-refractivity contribution in [3.63, 3.8) is 0 Å². The normalized spacial score (nSPS) is 11.8. The maximum absolute atomic E-state index is 12.4. The zero-order chi connectivity index (χ0) is 14.5. The third kappa shape index (κ3) is 4.43. The van der Waals surface area contributed by atoms with Crippen LogP contribution in [0.1, 0.15) is 6.92 Å². The van der Waals surface area contributed by atoms with Gasteiger partial charge in [0, 0.05) is 18.8 Å². The van der Waals surface area contributed by atoms with Crippen LogP contribution >= 0.6 is 0 Å². The van der Waals surface area contributed by atoms with Gasteiger partial charge in [0.05, 0.1) is 17.2 Å². The lowest BCUT2D eigenvalue weighted by Crippen LogP contribution is -2.33. The molecule has 0 saturated heterocycles. The van der Waals surface area contributed by atoms with Gasteiger partial charge >= 0.3 is 0 Å². The lowest BCUT2D eigenvalue weighted by molar-refractivity contribution is 0.155. The molecule has 1 aromatic carbocycles. The molecule has 0 atom stereocenters. The highest BCUT2D eigenvalue weighted by atomic mass is 32.2. The number of rotatable bonds is 7. The summed E-state index contributed by atoms with van der Waals surface area (Å²) >= 11 is 0. The molecule has 1 rings (SSSR count). The van der Waals surface area contributed by atoms with Crippen LogP contribution in [0, 0.1) is 0 Å². The number of halogens is 2. The van der Waals surface area contributed by atoms with Gasteiger partial charge in [-0.15, -0.1) is 0 Å². The molecule has 4 nitrogen and oxygen atoms in total. The molecule has 0 radical (unpaired) electrons. The predicted octanol–water partition coefficient (Wildman–Crippen LogP) is 1.51. The Bertz CT molecular complexity index is 489. The van der Waals surface area contributed by atoms with E-state index in [1.807, 2.05) is 0 Å². The molecule has 19 heavy (non-hydrogen) atoms. The Morgan fingerprint density at radius 1 is 1.26 bits per heavy atom.